The zero-order valence-electron chi connectivity index (χ0n) is 15.7. The molecule has 0 unspecified atom stereocenters. The average molecular weight is 358 g/mol. The predicted octanol–water partition coefficient (Wildman–Crippen LogP) is 3.51. The van der Waals surface area contributed by atoms with Gasteiger partial charge in [-0.05, 0) is 56.4 Å². The van der Waals surface area contributed by atoms with Crippen LogP contribution < -0.4 is 4.74 Å². The van der Waals surface area contributed by atoms with Crippen molar-refractivity contribution < 1.29 is 18.8 Å². The number of nitrogens with zero attached hydrogens (tertiary/aromatic N) is 2. The number of carbonyl (C=O) groups excluding carboxylic acids is 1. The zero-order chi connectivity index (χ0) is 18.5. The van der Waals surface area contributed by atoms with Gasteiger partial charge in [0.05, 0.1) is 12.6 Å². The fourth-order valence-corrected chi connectivity index (χ4v) is 3.22. The Morgan fingerprint density at radius 2 is 2.12 bits per heavy atom. The van der Waals surface area contributed by atoms with Crippen molar-refractivity contribution in [2.24, 2.45) is 0 Å². The quantitative estimate of drug-likeness (QED) is 0.791. The Kier molecular flexibility index (Phi) is 5.93. The Bertz CT molecular complexity index is 754. The maximum absolute atomic E-state index is 12.8. The molecular weight excluding hydrogens is 332 g/mol. The number of aromatic nitrogens is 1. The molecule has 6 nitrogen and oxygen atoms in total. The molecule has 0 radical (unpaired) electrons. The first kappa shape index (κ1) is 18.5. The molecule has 6 heteroatoms. The minimum absolute atomic E-state index is 0.104. The van der Waals surface area contributed by atoms with Crippen molar-refractivity contribution in [1.29, 1.82) is 0 Å². The summed E-state index contributed by atoms with van der Waals surface area (Å²) < 4.78 is 16.3. The smallest absolute Gasteiger partial charge is 0.276 e. The van der Waals surface area contributed by atoms with Crippen molar-refractivity contribution >= 4 is 5.91 Å². The van der Waals surface area contributed by atoms with Crippen molar-refractivity contribution in [3.8, 4) is 5.75 Å². The second kappa shape index (κ2) is 8.36. The first-order valence-electron chi connectivity index (χ1n) is 9.04. The molecule has 1 aliphatic heterocycles. The number of rotatable bonds is 6. The van der Waals surface area contributed by atoms with Gasteiger partial charge in [0.15, 0.2) is 11.5 Å². The second-order valence-electron chi connectivity index (χ2n) is 6.82. The van der Waals surface area contributed by atoms with Crippen LogP contribution in [0.25, 0.3) is 0 Å². The van der Waals surface area contributed by atoms with E-state index in [9.17, 15) is 4.79 Å². The van der Waals surface area contributed by atoms with E-state index in [0.717, 1.165) is 31.6 Å². The molecule has 1 aromatic carbocycles. The molecule has 1 aliphatic rings. The summed E-state index contributed by atoms with van der Waals surface area (Å²) >= 11 is 0. The van der Waals surface area contributed by atoms with E-state index in [1.807, 2.05) is 30.0 Å². The molecule has 2 aromatic rings. The summed E-state index contributed by atoms with van der Waals surface area (Å²) in [6.07, 6.45) is 3.08. The summed E-state index contributed by atoms with van der Waals surface area (Å²) in [5.41, 5.74) is 2.72. The predicted molar refractivity (Wildman–Crippen MR) is 97.3 cm³/mol. The summed E-state index contributed by atoms with van der Waals surface area (Å²) in [4.78, 5) is 14.6. The maximum Gasteiger partial charge on any atom is 0.276 e. The van der Waals surface area contributed by atoms with E-state index in [1.165, 1.54) is 11.1 Å². The Labute approximate surface area is 154 Å². The molecular formula is C20H26N2O4. The molecule has 0 saturated carbocycles. The van der Waals surface area contributed by atoms with Crippen LogP contribution in [0, 0.1) is 13.8 Å². The van der Waals surface area contributed by atoms with Crippen LogP contribution in [0.2, 0.25) is 0 Å². The fourth-order valence-electron chi connectivity index (χ4n) is 3.22. The van der Waals surface area contributed by atoms with Crippen molar-refractivity contribution in [3.05, 3.63) is 46.8 Å². The standard InChI is InChI=1S/C20H26N2O4/c1-14-7-8-17(10-15(14)2)25-13-18-11-19(21-26-18)20(23)22-9-5-4-6-16(22)12-24-3/h7-8,10-11,16H,4-6,9,12-13H2,1-3H3/t16-/m0/s1. The highest BCUT2D eigenvalue weighted by Gasteiger charge is 2.29. The number of aryl methyl sites for hydroxylation is 2. The lowest BCUT2D eigenvalue weighted by Gasteiger charge is -2.34. The maximum atomic E-state index is 12.8. The van der Waals surface area contributed by atoms with Gasteiger partial charge in [0, 0.05) is 19.7 Å². The Morgan fingerprint density at radius 3 is 2.88 bits per heavy atom. The van der Waals surface area contributed by atoms with E-state index in [-0.39, 0.29) is 18.6 Å². The number of hydrogen-bond donors (Lipinski definition) is 0. The van der Waals surface area contributed by atoms with Gasteiger partial charge < -0.3 is 18.9 Å². The van der Waals surface area contributed by atoms with E-state index in [4.69, 9.17) is 14.0 Å². The van der Waals surface area contributed by atoms with Crippen LogP contribution in [-0.4, -0.2) is 42.3 Å². The summed E-state index contributed by atoms with van der Waals surface area (Å²) in [6.45, 7) is 5.62. The van der Waals surface area contributed by atoms with Crippen LogP contribution in [0.1, 0.15) is 46.6 Å². The lowest BCUT2D eigenvalue weighted by Crippen LogP contribution is -2.46. The van der Waals surface area contributed by atoms with Gasteiger partial charge in [-0.1, -0.05) is 11.2 Å². The van der Waals surface area contributed by atoms with Crippen LogP contribution in [0.4, 0.5) is 0 Å². The Hall–Kier alpha value is -2.34. The number of piperidine rings is 1. The van der Waals surface area contributed by atoms with Crippen molar-refractivity contribution in [2.75, 3.05) is 20.3 Å². The van der Waals surface area contributed by atoms with E-state index >= 15 is 0 Å². The van der Waals surface area contributed by atoms with Gasteiger partial charge in [0.2, 0.25) is 0 Å². The monoisotopic (exact) mass is 358 g/mol. The largest absolute Gasteiger partial charge is 0.486 e. The second-order valence-corrected chi connectivity index (χ2v) is 6.82. The number of methoxy groups -OCH3 is 1. The van der Waals surface area contributed by atoms with Crippen LogP contribution in [-0.2, 0) is 11.3 Å². The molecule has 1 fully saturated rings. The van der Waals surface area contributed by atoms with Gasteiger partial charge in [-0.25, -0.2) is 0 Å². The van der Waals surface area contributed by atoms with Gasteiger partial charge in [0.25, 0.3) is 5.91 Å². The third kappa shape index (κ3) is 4.25. The first-order chi connectivity index (χ1) is 12.6. The van der Waals surface area contributed by atoms with Crippen molar-refractivity contribution in [2.45, 2.75) is 45.8 Å². The summed E-state index contributed by atoms with van der Waals surface area (Å²) in [7, 11) is 1.66. The lowest BCUT2D eigenvalue weighted by atomic mass is 10.0. The molecule has 3 rings (SSSR count). The van der Waals surface area contributed by atoms with Crippen molar-refractivity contribution in [3.63, 3.8) is 0 Å². The van der Waals surface area contributed by atoms with Gasteiger partial charge in [0.1, 0.15) is 12.4 Å². The topological polar surface area (TPSA) is 64.8 Å². The Morgan fingerprint density at radius 1 is 1.27 bits per heavy atom. The fraction of sp³-hybridized carbons (Fsp3) is 0.500. The van der Waals surface area contributed by atoms with Crippen LogP contribution in [0.15, 0.2) is 28.8 Å². The number of benzene rings is 1. The number of ether oxygens (including phenoxy) is 2. The molecule has 2 heterocycles. The molecule has 26 heavy (non-hydrogen) atoms. The zero-order valence-corrected chi connectivity index (χ0v) is 15.7. The molecule has 1 amide bonds. The lowest BCUT2D eigenvalue weighted by molar-refractivity contribution is 0.0419. The Balaban J connectivity index is 1.63. The minimum atomic E-state index is -0.104. The highest BCUT2D eigenvalue weighted by molar-refractivity contribution is 5.92. The van der Waals surface area contributed by atoms with E-state index in [1.54, 1.807) is 13.2 Å². The number of amides is 1. The van der Waals surface area contributed by atoms with Crippen molar-refractivity contribution in [1.82, 2.24) is 10.1 Å². The molecule has 1 aromatic heterocycles. The molecule has 1 saturated heterocycles. The molecule has 0 aliphatic carbocycles. The number of carbonyl (C=O) groups is 1. The molecule has 0 spiro atoms. The molecule has 0 N–H and O–H groups in total. The van der Waals surface area contributed by atoms with Gasteiger partial charge in [-0.15, -0.1) is 0 Å². The summed E-state index contributed by atoms with van der Waals surface area (Å²) in [6, 6.07) is 7.70. The minimum Gasteiger partial charge on any atom is -0.486 e. The van der Waals surface area contributed by atoms with Gasteiger partial charge in [-0.2, -0.15) is 0 Å². The molecule has 0 bridgehead atoms. The van der Waals surface area contributed by atoms with Crippen LogP contribution >= 0.6 is 0 Å². The third-order valence-corrected chi connectivity index (χ3v) is 4.88. The van der Waals surface area contributed by atoms with Crippen LogP contribution in [0.3, 0.4) is 0 Å². The average Bonchev–Trinajstić information content (AvgIpc) is 3.12. The molecule has 1 atom stereocenters. The highest BCUT2D eigenvalue weighted by Crippen LogP contribution is 2.21. The number of likely N-dealkylation sites (tertiary alicyclic amines) is 1. The summed E-state index contributed by atoms with van der Waals surface area (Å²) in [5.74, 6) is 1.20. The van der Waals surface area contributed by atoms with E-state index < -0.39 is 0 Å². The van der Waals surface area contributed by atoms with E-state index in [2.05, 4.69) is 12.1 Å². The van der Waals surface area contributed by atoms with Gasteiger partial charge in [-0.3, -0.25) is 4.79 Å². The van der Waals surface area contributed by atoms with Crippen LogP contribution in [0.5, 0.6) is 5.75 Å². The summed E-state index contributed by atoms with van der Waals surface area (Å²) in [5, 5.41) is 3.94. The third-order valence-electron chi connectivity index (χ3n) is 4.88. The molecule has 140 valence electrons. The SMILES string of the molecule is COC[C@@H]1CCCCN1C(=O)c1cc(COc2ccc(C)c(C)c2)on1. The highest BCUT2D eigenvalue weighted by atomic mass is 16.5. The van der Waals surface area contributed by atoms with E-state index in [0.29, 0.717) is 18.1 Å². The number of hydrogen-bond acceptors (Lipinski definition) is 5. The first-order valence-corrected chi connectivity index (χ1v) is 9.04. The normalized spacial score (nSPS) is 17.3. The van der Waals surface area contributed by atoms with Gasteiger partial charge >= 0.3 is 0 Å².